The Hall–Kier alpha value is -2.40. The van der Waals surface area contributed by atoms with Gasteiger partial charge in [-0.15, -0.1) is 0 Å². The summed E-state index contributed by atoms with van der Waals surface area (Å²) in [4.78, 5) is 27.4. The zero-order valence-corrected chi connectivity index (χ0v) is 17.2. The molecule has 4 nitrogen and oxygen atoms in total. The topological polar surface area (TPSA) is 49.4 Å². The van der Waals surface area contributed by atoms with Gasteiger partial charge in [-0.1, -0.05) is 48.9 Å². The van der Waals surface area contributed by atoms with Gasteiger partial charge in [0.05, 0.1) is 6.42 Å². The van der Waals surface area contributed by atoms with E-state index in [4.69, 9.17) is 11.6 Å². The average molecular weight is 405 g/mol. The predicted octanol–water partition coefficient (Wildman–Crippen LogP) is 4.35. The van der Waals surface area contributed by atoms with Crippen molar-refractivity contribution in [2.75, 3.05) is 0 Å². The zero-order valence-electron chi connectivity index (χ0n) is 16.4. The number of carbonyl (C=O) groups excluding carboxylic acids is 2. The summed E-state index contributed by atoms with van der Waals surface area (Å²) in [7, 11) is 0. The molecule has 2 rings (SSSR count). The number of halogens is 2. The summed E-state index contributed by atoms with van der Waals surface area (Å²) in [6.45, 7) is 5.85. The van der Waals surface area contributed by atoms with Gasteiger partial charge < -0.3 is 10.2 Å². The highest BCUT2D eigenvalue weighted by atomic mass is 35.5. The fourth-order valence-corrected chi connectivity index (χ4v) is 3.18. The molecule has 2 aromatic carbocycles. The first-order chi connectivity index (χ1) is 13.3. The van der Waals surface area contributed by atoms with E-state index in [-0.39, 0.29) is 36.6 Å². The molecule has 150 valence electrons. The molecule has 28 heavy (non-hydrogen) atoms. The van der Waals surface area contributed by atoms with Crippen molar-refractivity contribution in [3.63, 3.8) is 0 Å². The van der Waals surface area contributed by atoms with Crippen molar-refractivity contribution < 1.29 is 14.0 Å². The normalized spacial score (nSPS) is 11.9. The largest absolute Gasteiger partial charge is 0.352 e. The molecular weight excluding hydrogens is 379 g/mol. The number of amides is 2. The molecule has 0 saturated carbocycles. The molecule has 0 unspecified atom stereocenters. The Morgan fingerprint density at radius 3 is 2.32 bits per heavy atom. The van der Waals surface area contributed by atoms with Gasteiger partial charge in [-0.25, -0.2) is 4.39 Å². The molecule has 0 bridgehead atoms. The lowest BCUT2D eigenvalue weighted by molar-refractivity contribution is -0.141. The van der Waals surface area contributed by atoms with Crippen LogP contribution in [0, 0.1) is 5.82 Å². The average Bonchev–Trinajstić information content (AvgIpc) is 2.64. The number of nitrogens with one attached hydrogen (secondary N) is 1. The molecule has 0 fully saturated rings. The molecule has 0 spiro atoms. The lowest BCUT2D eigenvalue weighted by Gasteiger charge is -2.31. The van der Waals surface area contributed by atoms with Crippen molar-refractivity contribution in [3.05, 3.63) is 70.5 Å². The van der Waals surface area contributed by atoms with Crippen LogP contribution in [-0.4, -0.2) is 28.8 Å². The van der Waals surface area contributed by atoms with E-state index in [2.05, 4.69) is 5.32 Å². The SMILES string of the molecule is CC[C@H](C(=O)NC(C)C)N(Cc1ccccc1Cl)C(=O)Cc1ccc(F)cc1. The smallest absolute Gasteiger partial charge is 0.243 e. The molecule has 0 saturated heterocycles. The molecule has 0 aromatic heterocycles. The zero-order chi connectivity index (χ0) is 20.7. The third kappa shape index (κ3) is 6.06. The summed E-state index contributed by atoms with van der Waals surface area (Å²) < 4.78 is 13.2. The molecule has 0 aliphatic heterocycles. The maximum Gasteiger partial charge on any atom is 0.243 e. The van der Waals surface area contributed by atoms with E-state index in [1.54, 1.807) is 23.1 Å². The summed E-state index contributed by atoms with van der Waals surface area (Å²) in [6, 6.07) is 12.4. The molecule has 2 amide bonds. The van der Waals surface area contributed by atoms with Gasteiger partial charge in [0.15, 0.2) is 0 Å². The van der Waals surface area contributed by atoms with Gasteiger partial charge in [0.25, 0.3) is 0 Å². The van der Waals surface area contributed by atoms with Crippen molar-refractivity contribution in [2.24, 2.45) is 0 Å². The van der Waals surface area contributed by atoms with E-state index in [1.807, 2.05) is 39.0 Å². The molecule has 1 atom stereocenters. The summed E-state index contributed by atoms with van der Waals surface area (Å²) in [6.07, 6.45) is 0.550. The first kappa shape index (κ1) is 21.9. The van der Waals surface area contributed by atoms with Crippen LogP contribution in [-0.2, 0) is 22.6 Å². The molecule has 6 heteroatoms. The van der Waals surface area contributed by atoms with Crippen molar-refractivity contribution in [2.45, 2.75) is 52.2 Å². The lowest BCUT2D eigenvalue weighted by atomic mass is 10.1. The van der Waals surface area contributed by atoms with Crippen molar-refractivity contribution in [1.29, 1.82) is 0 Å². The predicted molar refractivity (Wildman–Crippen MR) is 109 cm³/mol. The summed E-state index contributed by atoms with van der Waals surface area (Å²) >= 11 is 6.28. The summed E-state index contributed by atoms with van der Waals surface area (Å²) in [5, 5.41) is 3.43. The second-order valence-electron chi connectivity index (χ2n) is 7.00. The van der Waals surface area contributed by atoms with Crippen molar-refractivity contribution in [1.82, 2.24) is 10.2 Å². The molecule has 0 aliphatic carbocycles. The highest BCUT2D eigenvalue weighted by Gasteiger charge is 2.29. The van der Waals surface area contributed by atoms with E-state index in [9.17, 15) is 14.0 Å². The Kier molecular flexibility index (Phi) is 8.00. The van der Waals surface area contributed by atoms with Crippen LogP contribution in [0.3, 0.4) is 0 Å². The fourth-order valence-electron chi connectivity index (χ4n) is 2.99. The van der Waals surface area contributed by atoms with E-state index in [1.165, 1.54) is 12.1 Å². The minimum absolute atomic E-state index is 0.0316. The van der Waals surface area contributed by atoms with Gasteiger partial charge >= 0.3 is 0 Å². The lowest BCUT2D eigenvalue weighted by Crippen LogP contribution is -2.50. The first-order valence-corrected chi connectivity index (χ1v) is 9.77. The van der Waals surface area contributed by atoms with Crippen LogP contribution in [0.5, 0.6) is 0 Å². The van der Waals surface area contributed by atoms with Gasteiger partial charge in [0.2, 0.25) is 11.8 Å². The van der Waals surface area contributed by atoms with E-state index < -0.39 is 6.04 Å². The number of nitrogens with zero attached hydrogens (tertiary/aromatic N) is 1. The summed E-state index contributed by atoms with van der Waals surface area (Å²) in [5.74, 6) is -0.763. The first-order valence-electron chi connectivity index (χ1n) is 9.39. The third-order valence-electron chi connectivity index (χ3n) is 4.38. The van der Waals surface area contributed by atoms with E-state index in [0.717, 1.165) is 5.56 Å². The van der Waals surface area contributed by atoms with Gasteiger partial charge in [0.1, 0.15) is 11.9 Å². The van der Waals surface area contributed by atoms with Crippen LogP contribution in [0.25, 0.3) is 0 Å². The molecular formula is C22H26ClFN2O2. The van der Waals surface area contributed by atoms with Crippen LogP contribution in [0.4, 0.5) is 4.39 Å². The number of benzene rings is 2. The van der Waals surface area contributed by atoms with Crippen molar-refractivity contribution >= 4 is 23.4 Å². The number of hydrogen-bond acceptors (Lipinski definition) is 2. The minimum atomic E-state index is -0.619. The number of rotatable bonds is 8. The Balaban J connectivity index is 2.30. The molecule has 2 aromatic rings. The van der Waals surface area contributed by atoms with Gasteiger partial charge in [-0.3, -0.25) is 9.59 Å². The minimum Gasteiger partial charge on any atom is -0.352 e. The quantitative estimate of drug-likeness (QED) is 0.710. The maximum atomic E-state index is 13.2. The molecule has 0 aliphatic rings. The second-order valence-corrected chi connectivity index (χ2v) is 7.41. The van der Waals surface area contributed by atoms with Crippen LogP contribution in [0.1, 0.15) is 38.3 Å². The Labute approximate surface area is 170 Å². The third-order valence-corrected chi connectivity index (χ3v) is 4.75. The monoisotopic (exact) mass is 404 g/mol. The number of carbonyl (C=O) groups is 2. The van der Waals surface area contributed by atoms with Gasteiger partial charge in [-0.05, 0) is 49.6 Å². The molecule has 0 heterocycles. The van der Waals surface area contributed by atoms with Crippen molar-refractivity contribution in [3.8, 4) is 0 Å². The van der Waals surface area contributed by atoms with E-state index in [0.29, 0.717) is 17.0 Å². The van der Waals surface area contributed by atoms with E-state index >= 15 is 0 Å². The standard InChI is InChI=1S/C22H26ClFN2O2/c1-4-20(22(28)25-15(2)3)26(14-17-7-5-6-8-19(17)23)21(27)13-16-9-11-18(24)12-10-16/h5-12,15,20H,4,13-14H2,1-3H3,(H,25,28)/t20-/m1/s1. The fraction of sp³-hybridized carbons (Fsp3) is 0.364. The maximum absolute atomic E-state index is 13.2. The Morgan fingerprint density at radius 2 is 1.75 bits per heavy atom. The van der Waals surface area contributed by atoms with Gasteiger partial charge in [-0.2, -0.15) is 0 Å². The molecule has 1 N–H and O–H groups in total. The molecule has 0 radical (unpaired) electrons. The highest BCUT2D eigenvalue weighted by molar-refractivity contribution is 6.31. The number of hydrogen-bond donors (Lipinski definition) is 1. The van der Waals surface area contributed by atoms with Gasteiger partial charge in [0, 0.05) is 17.6 Å². The second kappa shape index (κ2) is 10.2. The Morgan fingerprint density at radius 1 is 1.11 bits per heavy atom. The highest BCUT2D eigenvalue weighted by Crippen LogP contribution is 2.20. The van der Waals surface area contributed by atoms with Crippen LogP contribution < -0.4 is 5.32 Å². The Bertz CT molecular complexity index is 808. The van der Waals surface area contributed by atoms with Crippen LogP contribution in [0.15, 0.2) is 48.5 Å². The van der Waals surface area contributed by atoms with Crippen LogP contribution >= 0.6 is 11.6 Å². The summed E-state index contributed by atoms with van der Waals surface area (Å²) in [5.41, 5.74) is 1.46. The van der Waals surface area contributed by atoms with Crippen LogP contribution in [0.2, 0.25) is 5.02 Å².